The highest BCUT2D eigenvalue weighted by molar-refractivity contribution is 14.0. The predicted octanol–water partition coefficient (Wildman–Crippen LogP) is 4.43. The van der Waals surface area contributed by atoms with Crippen LogP contribution in [-0.4, -0.2) is 26.7 Å². The highest BCUT2D eigenvalue weighted by Gasteiger charge is 2.12. The molecule has 148 valence electrons. The predicted molar refractivity (Wildman–Crippen MR) is 114 cm³/mol. The van der Waals surface area contributed by atoms with Gasteiger partial charge < -0.3 is 20.1 Å². The minimum atomic E-state index is -2.92. The number of methoxy groups -OCH3 is 1. The maximum Gasteiger partial charge on any atom is 0.387 e. The monoisotopic (exact) mass is 511 g/mol. The van der Waals surface area contributed by atoms with E-state index in [9.17, 15) is 8.78 Å². The Balaban J connectivity index is 0.00000364. The number of nitrogens with zero attached hydrogens (tertiary/aromatic N) is 1. The molecular weight excluding hydrogens is 491 g/mol. The highest BCUT2D eigenvalue weighted by Crippen LogP contribution is 2.26. The van der Waals surface area contributed by atoms with Crippen LogP contribution in [0.2, 0.25) is 5.02 Å². The van der Waals surface area contributed by atoms with Gasteiger partial charge in [0.15, 0.2) is 5.96 Å². The van der Waals surface area contributed by atoms with Gasteiger partial charge in [-0.05, 0) is 29.8 Å². The minimum Gasteiger partial charge on any atom is -0.497 e. The van der Waals surface area contributed by atoms with E-state index in [4.69, 9.17) is 16.3 Å². The largest absolute Gasteiger partial charge is 0.497 e. The number of hydrogen-bond acceptors (Lipinski definition) is 3. The van der Waals surface area contributed by atoms with Gasteiger partial charge in [-0.1, -0.05) is 23.7 Å². The lowest BCUT2D eigenvalue weighted by Gasteiger charge is -2.15. The van der Waals surface area contributed by atoms with Gasteiger partial charge >= 0.3 is 6.61 Å². The van der Waals surface area contributed by atoms with Crippen molar-refractivity contribution in [2.75, 3.05) is 14.2 Å². The SMILES string of the molecule is CN=C(NCc1cccc(Cl)c1)NCc1ccc(OC)cc1OC(F)F.I. The summed E-state index contributed by atoms with van der Waals surface area (Å²) in [4.78, 5) is 4.11. The van der Waals surface area contributed by atoms with Crippen LogP contribution in [0.25, 0.3) is 0 Å². The standard InChI is InChI=1S/C18H20ClF2N3O2.HI/c1-22-18(23-10-12-4-3-5-14(19)8-12)24-11-13-6-7-15(25-2)9-16(13)26-17(20)21;/h3-9,17H,10-11H2,1-2H3,(H2,22,23,24);1H. The summed E-state index contributed by atoms with van der Waals surface area (Å²) in [5.41, 5.74) is 1.54. The van der Waals surface area contributed by atoms with Crippen LogP contribution >= 0.6 is 35.6 Å². The van der Waals surface area contributed by atoms with Crippen LogP contribution in [-0.2, 0) is 13.1 Å². The van der Waals surface area contributed by atoms with Crippen LogP contribution in [0, 0.1) is 0 Å². The lowest BCUT2D eigenvalue weighted by Crippen LogP contribution is -2.36. The Bertz CT molecular complexity index is 763. The molecule has 0 bridgehead atoms. The molecule has 9 heteroatoms. The molecule has 2 aromatic rings. The fraction of sp³-hybridized carbons (Fsp3) is 0.278. The van der Waals surface area contributed by atoms with E-state index in [1.807, 2.05) is 18.2 Å². The lowest BCUT2D eigenvalue weighted by atomic mass is 10.2. The van der Waals surface area contributed by atoms with E-state index in [2.05, 4.69) is 20.4 Å². The smallest absolute Gasteiger partial charge is 0.387 e. The molecule has 0 unspecified atom stereocenters. The van der Waals surface area contributed by atoms with E-state index < -0.39 is 6.61 Å². The molecule has 0 aliphatic heterocycles. The zero-order valence-corrected chi connectivity index (χ0v) is 17.9. The summed E-state index contributed by atoms with van der Waals surface area (Å²) in [6, 6.07) is 12.2. The van der Waals surface area contributed by atoms with Crippen LogP contribution in [0.3, 0.4) is 0 Å². The molecule has 5 nitrogen and oxygen atoms in total. The van der Waals surface area contributed by atoms with Gasteiger partial charge in [0.05, 0.1) is 7.11 Å². The van der Waals surface area contributed by atoms with Gasteiger partial charge in [-0.2, -0.15) is 8.78 Å². The molecule has 0 aliphatic rings. The molecule has 0 amide bonds. The number of benzene rings is 2. The molecule has 2 rings (SSSR count). The summed E-state index contributed by atoms with van der Waals surface area (Å²) in [5, 5.41) is 6.85. The van der Waals surface area contributed by atoms with Crippen molar-refractivity contribution in [2.24, 2.45) is 4.99 Å². The summed E-state index contributed by atoms with van der Waals surface area (Å²) in [7, 11) is 3.08. The molecule has 0 heterocycles. The van der Waals surface area contributed by atoms with Crippen LogP contribution in [0.5, 0.6) is 11.5 Å². The second kappa shape index (κ2) is 11.8. The van der Waals surface area contributed by atoms with Crippen molar-refractivity contribution in [2.45, 2.75) is 19.7 Å². The first-order chi connectivity index (χ1) is 12.5. The zero-order chi connectivity index (χ0) is 18.9. The van der Waals surface area contributed by atoms with Crippen LogP contribution in [0.1, 0.15) is 11.1 Å². The van der Waals surface area contributed by atoms with Gasteiger partial charge in [0.2, 0.25) is 0 Å². The maximum atomic E-state index is 12.6. The second-order valence-electron chi connectivity index (χ2n) is 5.26. The number of alkyl halides is 2. The molecule has 0 aromatic heterocycles. The molecule has 0 atom stereocenters. The molecular formula is C18H21ClF2IN3O2. The van der Waals surface area contributed by atoms with Crippen molar-refractivity contribution < 1.29 is 18.3 Å². The highest BCUT2D eigenvalue weighted by atomic mass is 127. The van der Waals surface area contributed by atoms with Crippen molar-refractivity contribution in [3.8, 4) is 11.5 Å². The van der Waals surface area contributed by atoms with Gasteiger partial charge in [0, 0.05) is 36.8 Å². The number of guanidine groups is 1. The zero-order valence-electron chi connectivity index (χ0n) is 14.8. The quantitative estimate of drug-likeness (QED) is 0.328. The van der Waals surface area contributed by atoms with E-state index in [0.717, 1.165) is 5.56 Å². The number of rotatable bonds is 7. The Hall–Kier alpha value is -1.81. The topological polar surface area (TPSA) is 54.9 Å². The Kier molecular flexibility index (Phi) is 10.2. The molecule has 0 saturated heterocycles. The van der Waals surface area contributed by atoms with Gasteiger partial charge in [0.25, 0.3) is 0 Å². The molecule has 0 aliphatic carbocycles. The first-order valence-electron chi connectivity index (χ1n) is 7.82. The van der Waals surface area contributed by atoms with Gasteiger partial charge in [-0.25, -0.2) is 0 Å². The van der Waals surface area contributed by atoms with Crippen molar-refractivity contribution >= 4 is 41.5 Å². The maximum absolute atomic E-state index is 12.6. The van der Waals surface area contributed by atoms with Crippen molar-refractivity contribution in [3.05, 3.63) is 58.6 Å². The molecule has 2 N–H and O–H groups in total. The summed E-state index contributed by atoms with van der Waals surface area (Å²) >= 11 is 5.96. The number of hydrogen-bond donors (Lipinski definition) is 2. The summed E-state index contributed by atoms with van der Waals surface area (Å²) < 4.78 is 34.8. The lowest BCUT2D eigenvalue weighted by molar-refractivity contribution is -0.0505. The summed E-state index contributed by atoms with van der Waals surface area (Å²) in [5.74, 6) is 1.01. The van der Waals surface area contributed by atoms with Crippen molar-refractivity contribution in [1.82, 2.24) is 10.6 Å². The Labute approximate surface area is 179 Å². The van der Waals surface area contributed by atoms with Crippen LogP contribution < -0.4 is 20.1 Å². The first kappa shape index (κ1) is 23.2. The van der Waals surface area contributed by atoms with Crippen molar-refractivity contribution in [1.29, 1.82) is 0 Å². The van der Waals surface area contributed by atoms with Crippen LogP contribution in [0.4, 0.5) is 8.78 Å². The molecule has 0 spiro atoms. The molecule has 0 fully saturated rings. The van der Waals surface area contributed by atoms with E-state index in [1.165, 1.54) is 13.2 Å². The van der Waals surface area contributed by atoms with Crippen LogP contribution in [0.15, 0.2) is 47.5 Å². The van der Waals surface area contributed by atoms with Gasteiger partial charge in [-0.15, -0.1) is 24.0 Å². The Morgan fingerprint density at radius 3 is 2.52 bits per heavy atom. The average molecular weight is 512 g/mol. The van der Waals surface area contributed by atoms with Crippen molar-refractivity contribution in [3.63, 3.8) is 0 Å². The van der Waals surface area contributed by atoms with E-state index in [0.29, 0.717) is 28.8 Å². The Morgan fingerprint density at radius 1 is 1.15 bits per heavy atom. The fourth-order valence-corrected chi connectivity index (χ4v) is 2.46. The number of nitrogens with one attached hydrogen (secondary N) is 2. The average Bonchev–Trinajstić information content (AvgIpc) is 2.62. The van der Waals surface area contributed by atoms with Gasteiger partial charge in [0.1, 0.15) is 11.5 Å². The molecule has 0 saturated carbocycles. The van der Waals surface area contributed by atoms with E-state index >= 15 is 0 Å². The first-order valence-corrected chi connectivity index (χ1v) is 8.20. The molecule has 27 heavy (non-hydrogen) atoms. The summed E-state index contributed by atoms with van der Waals surface area (Å²) in [6.07, 6.45) is 0. The third-order valence-electron chi connectivity index (χ3n) is 3.51. The molecule has 2 aromatic carbocycles. The van der Waals surface area contributed by atoms with E-state index in [1.54, 1.807) is 25.2 Å². The Morgan fingerprint density at radius 2 is 1.89 bits per heavy atom. The number of halogens is 4. The molecule has 0 radical (unpaired) electrons. The minimum absolute atomic E-state index is 0. The second-order valence-corrected chi connectivity index (χ2v) is 5.70. The van der Waals surface area contributed by atoms with E-state index in [-0.39, 0.29) is 36.3 Å². The summed E-state index contributed by atoms with van der Waals surface area (Å²) in [6.45, 7) is -2.15. The normalized spacial score (nSPS) is 11.0. The number of aliphatic imine (C=N–C) groups is 1. The number of ether oxygens (including phenoxy) is 2. The fourth-order valence-electron chi connectivity index (χ4n) is 2.25. The van der Waals surface area contributed by atoms with Gasteiger partial charge in [-0.3, -0.25) is 4.99 Å². The third-order valence-corrected chi connectivity index (χ3v) is 3.74. The third kappa shape index (κ3) is 7.76.